The zero-order valence-corrected chi connectivity index (χ0v) is 23.4. The number of primary amides is 1. The number of halogens is 7. The van der Waals surface area contributed by atoms with Crippen LogP contribution in [0.25, 0.3) is 0 Å². The monoisotopic (exact) mass is 618 g/mol. The molecule has 1 aliphatic heterocycles. The summed E-state index contributed by atoms with van der Waals surface area (Å²) >= 11 is 6.35. The number of benzene rings is 2. The highest BCUT2D eigenvalue weighted by atomic mass is 35.5. The minimum absolute atomic E-state index is 0.159. The van der Waals surface area contributed by atoms with Crippen LogP contribution in [0.5, 0.6) is 0 Å². The molecule has 3 unspecified atom stereocenters. The number of amides is 3. The van der Waals surface area contributed by atoms with E-state index < -0.39 is 80.2 Å². The minimum Gasteiger partial charge on any atom is -0.369 e. The van der Waals surface area contributed by atoms with Crippen LogP contribution >= 0.6 is 11.6 Å². The third-order valence-electron chi connectivity index (χ3n) is 6.70. The smallest absolute Gasteiger partial charge is 0.369 e. The molecule has 228 valence electrons. The number of carbonyl (C=O) groups is 3. The van der Waals surface area contributed by atoms with Crippen LogP contribution in [0.15, 0.2) is 41.4 Å². The molecule has 1 aliphatic rings. The highest BCUT2D eigenvalue weighted by Gasteiger charge is 2.39. The van der Waals surface area contributed by atoms with Crippen LogP contribution in [-0.2, 0) is 14.4 Å². The standard InChI is InChI=1S/C28H29ClF6N4O3/c1-14-11-15(2)13-16(12-14)21-19-5-3-7-20(29)22(19)38-26(42)24(37-21)39-25(41)18(8-10-28(33,34)35)17(23(36)40)6-4-9-27(30,31)32/h3,5,7,11-13,17-18,24H,4,6,8-10H2,1-2H3,(H2,36,40)(H,38,42)(H,39,41). The summed E-state index contributed by atoms with van der Waals surface area (Å²) in [7, 11) is 0. The van der Waals surface area contributed by atoms with Crippen molar-refractivity contribution in [3.8, 4) is 0 Å². The van der Waals surface area contributed by atoms with Gasteiger partial charge in [0.2, 0.25) is 18.0 Å². The van der Waals surface area contributed by atoms with Gasteiger partial charge in [-0.1, -0.05) is 40.9 Å². The Hall–Kier alpha value is -3.61. The van der Waals surface area contributed by atoms with E-state index in [1.54, 1.807) is 24.3 Å². The topological polar surface area (TPSA) is 114 Å². The first-order chi connectivity index (χ1) is 19.4. The summed E-state index contributed by atoms with van der Waals surface area (Å²) in [5.74, 6) is -6.73. The number of nitrogens with zero attached hydrogens (tertiary/aromatic N) is 1. The van der Waals surface area contributed by atoms with E-state index in [1.165, 1.54) is 6.07 Å². The number of fused-ring (bicyclic) bond motifs is 1. The summed E-state index contributed by atoms with van der Waals surface area (Å²) in [6.07, 6.45) is -16.0. The Labute approximate surface area is 242 Å². The first-order valence-electron chi connectivity index (χ1n) is 12.9. The van der Waals surface area contributed by atoms with Gasteiger partial charge >= 0.3 is 12.4 Å². The van der Waals surface area contributed by atoms with E-state index in [1.807, 2.05) is 19.9 Å². The van der Waals surface area contributed by atoms with Crippen molar-refractivity contribution in [1.29, 1.82) is 0 Å². The van der Waals surface area contributed by atoms with Crippen molar-refractivity contribution < 1.29 is 40.7 Å². The number of carbonyl (C=O) groups excluding carboxylic acids is 3. The van der Waals surface area contributed by atoms with Gasteiger partial charge in [-0.05, 0) is 51.3 Å². The molecule has 0 aromatic heterocycles. The fourth-order valence-corrected chi connectivity index (χ4v) is 5.10. The molecule has 0 saturated heterocycles. The molecule has 0 radical (unpaired) electrons. The van der Waals surface area contributed by atoms with E-state index in [9.17, 15) is 40.7 Å². The molecule has 0 fully saturated rings. The van der Waals surface area contributed by atoms with E-state index in [2.05, 4.69) is 15.6 Å². The number of benzodiazepines with no additional fused rings is 1. The highest BCUT2D eigenvalue weighted by molar-refractivity contribution is 6.36. The molecule has 3 rings (SSSR count). The van der Waals surface area contributed by atoms with E-state index in [0.29, 0.717) is 11.1 Å². The SMILES string of the molecule is Cc1cc(C)cc(C2=NC(NC(=O)C(CCC(F)(F)F)C(CCCC(F)(F)F)C(N)=O)C(=O)Nc3c(Cl)cccc32)c1. The van der Waals surface area contributed by atoms with Gasteiger partial charge in [0.15, 0.2) is 0 Å². The molecule has 0 bridgehead atoms. The molecule has 14 heteroatoms. The molecule has 0 aliphatic carbocycles. The predicted molar refractivity (Wildman–Crippen MR) is 145 cm³/mol. The van der Waals surface area contributed by atoms with Crippen LogP contribution in [0, 0.1) is 25.7 Å². The van der Waals surface area contributed by atoms with Crippen LogP contribution in [-0.4, -0.2) is 42.0 Å². The van der Waals surface area contributed by atoms with Crippen LogP contribution in [0.4, 0.5) is 32.0 Å². The second-order valence-electron chi connectivity index (χ2n) is 10.2. The zero-order chi connectivity index (χ0) is 31.4. The Morgan fingerprint density at radius 1 is 1.00 bits per heavy atom. The van der Waals surface area contributed by atoms with Crippen molar-refractivity contribution in [2.75, 3.05) is 5.32 Å². The van der Waals surface area contributed by atoms with E-state index in [0.717, 1.165) is 11.1 Å². The summed E-state index contributed by atoms with van der Waals surface area (Å²) in [5.41, 5.74) is 8.46. The third kappa shape index (κ3) is 8.94. The number of aryl methyl sites for hydroxylation is 2. The molecule has 2 aromatic rings. The van der Waals surface area contributed by atoms with Crippen molar-refractivity contribution in [1.82, 2.24) is 5.32 Å². The lowest BCUT2D eigenvalue weighted by Gasteiger charge is -2.26. The molecule has 3 atom stereocenters. The van der Waals surface area contributed by atoms with Gasteiger partial charge in [-0.15, -0.1) is 0 Å². The largest absolute Gasteiger partial charge is 0.389 e. The van der Waals surface area contributed by atoms with Crippen molar-refractivity contribution in [2.45, 2.75) is 64.5 Å². The molecule has 7 nitrogen and oxygen atoms in total. The molecule has 1 heterocycles. The summed E-state index contributed by atoms with van der Waals surface area (Å²) in [5, 5.41) is 5.03. The average molecular weight is 619 g/mol. The lowest BCUT2D eigenvalue weighted by Crippen LogP contribution is -2.48. The average Bonchev–Trinajstić information content (AvgIpc) is 2.98. The molecule has 0 saturated carbocycles. The summed E-state index contributed by atoms with van der Waals surface area (Å²) < 4.78 is 77.5. The minimum atomic E-state index is -4.74. The quantitative estimate of drug-likeness (QED) is 0.285. The Bertz CT molecular complexity index is 1360. The maximum atomic E-state index is 13.4. The fraction of sp³-hybridized carbons (Fsp3) is 0.429. The predicted octanol–water partition coefficient (Wildman–Crippen LogP) is 5.98. The van der Waals surface area contributed by atoms with Gasteiger partial charge in [0.1, 0.15) is 0 Å². The van der Waals surface area contributed by atoms with Crippen LogP contribution in [0.3, 0.4) is 0 Å². The van der Waals surface area contributed by atoms with Crippen molar-refractivity contribution in [3.63, 3.8) is 0 Å². The number of nitrogens with one attached hydrogen (secondary N) is 2. The van der Waals surface area contributed by atoms with Gasteiger partial charge in [-0.2, -0.15) is 26.3 Å². The van der Waals surface area contributed by atoms with Crippen molar-refractivity contribution in [3.05, 3.63) is 63.7 Å². The number of anilines is 1. The Balaban J connectivity index is 2.02. The summed E-state index contributed by atoms with van der Waals surface area (Å²) in [4.78, 5) is 43.2. The van der Waals surface area contributed by atoms with Gasteiger partial charge in [0.05, 0.1) is 16.4 Å². The van der Waals surface area contributed by atoms with Gasteiger partial charge < -0.3 is 16.4 Å². The normalized spacial score (nSPS) is 16.9. The first-order valence-corrected chi connectivity index (χ1v) is 13.3. The molecular formula is C28H29ClF6N4O3. The van der Waals surface area contributed by atoms with Crippen molar-refractivity contribution >= 4 is 40.7 Å². The summed E-state index contributed by atoms with van der Waals surface area (Å²) in [6.45, 7) is 3.67. The molecule has 3 amide bonds. The lowest BCUT2D eigenvalue weighted by atomic mass is 9.83. The zero-order valence-electron chi connectivity index (χ0n) is 22.6. The molecule has 0 spiro atoms. The van der Waals surface area contributed by atoms with E-state index >= 15 is 0 Å². The Kier molecular flexibility index (Phi) is 10.3. The number of rotatable bonds is 10. The number of hydrogen-bond donors (Lipinski definition) is 3. The fourth-order valence-electron chi connectivity index (χ4n) is 4.88. The third-order valence-corrected chi connectivity index (χ3v) is 7.01. The van der Waals surface area contributed by atoms with Gasteiger partial charge in [0, 0.05) is 35.8 Å². The van der Waals surface area contributed by atoms with Gasteiger partial charge in [-0.3, -0.25) is 14.4 Å². The second kappa shape index (κ2) is 13.1. The number of para-hydroxylation sites is 1. The van der Waals surface area contributed by atoms with Crippen LogP contribution in [0.1, 0.15) is 54.4 Å². The summed E-state index contributed by atoms with van der Waals surface area (Å²) in [6, 6.07) is 10.2. The molecule has 2 aromatic carbocycles. The molecular weight excluding hydrogens is 590 g/mol. The first kappa shape index (κ1) is 32.9. The van der Waals surface area contributed by atoms with E-state index in [4.69, 9.17) is 17.3 Å². The number of aliphatic imine (C=N–C) groups is 1. The maximum Gasteiger partial charge on any atom is 0.389 e. The van der Waals surface area contributed by atoms with E-state index in [-0.39, 0.29) is 16.4 Å². The van der Waals surface area contributed by atoms with Crippen molar-refractivity contribution in [2.24, 2.45) is 22.6 Å². The number of alkyl halides is 6. The maximum absolute atomic E-state index is 13.4. The highest BCUT2D eigenvalue weighted by Crippen LogP contribution is 2.33. The molecule has 4 N–H and O–H groups in total. The molecule has 42 heavy (non-hydrogen) atoms. The Morgan fingerprint density at radius 3 is 2.19 bits per heavy atom. The number of hydrogen-bond acceptors (Lipinski definition) is 4. The van der Waals surface area contributed by atoms with Crippen LogP contribution < -0.4 is 16.4 Å². The number of nitrogens with two attached hydrogens (primary N) is 1. The van der Waals surface area contributed by atoms with Gasteiger partial charge in [0.25, 0.3) is 5.91 Å². The Morgan fingerprint density at radius 2 is 1.62 bits per heavy atom. The van der Waals surface area contributed by atoms with Crippen LogP contribution in [0.2, 0.25) is 5.02 Å². The second-order valence-corrected chi connectivity index (χ2v) is 10.6. The van der Waals surface area contributed by atoms with Gasteiger partial charge in [-0.25, -0.2) is 4.99 Å². The lowest BCUT2D eigenvalue weighted by molar-refractivity contribution is -0.147.